The van der Waals surface area contributed by atoms with Gasteiger partial charge in [0.2, 0.25) is 0 Å². The first-order chi connectivity index (χ1) is 7.27. The number of carbonyl (C=O) groups excluding carboxylic acids is 1. The lowest BCUT2D eigenvalue weighted by Crippen LogP contribution is -2.13. The molecule has 0 aromatic carbocycles. The highest BCUT2D eigenvalue weighted by atomic mass is 32.1. The molecule has 0 aliphatic carbocycles. The van der Waals surface area contributed by atoms with E-state index in [0.717, 1.165) is 0 Å². The first kappa shape index (κ1) is 9.60. The minimum atomic E-state index is -0.273. The molecule has 2 aromatic rings. The number of thiazole rings is 1. The Morgan fingerprint density at radius 3 is 3.00 bits per heavy atom. The summed E-state index contributed by atoms with van der Waals surface area (Å²) in [6, 6.07) is 1.57. The van der Waals surface area contributed by atoms with Gasteiger partial charge in [-0.15, -0.1) is 11.3 Å². The van der Waals surface area contributed by atoms with Crippen LogP contribution in [-0.4, -0.2) is 15.9 Å². The summed E-state index contributed by atoms with van der Waals surface area (Å²) in [6.45, 7) is 0. The summed E-state index contributed by atoms with van der Waals surface area (Å²) < 4.78 is 0. The summed E-state index contributed by atoms with van der Waals surface area (Å²) in [5, 5.41) is 4.98. The van der Waals surface area contributed by atoms with Crippen LogP contribution in [0.3, 0.4) is 0 Å². The van der Waals surface area contributed by atoms with E-state index in [1.54, 1.807) is 17.6 Å². The summed E-state index contributed by atoms with van der Waals surface area (Å²) >= 11 is 1.35. The van der Waals surface area contributed by atoms with E-state index >= 15 is 0 Å². The Morgan fingerprint density at radius 1 is 1.47 bits per heavy atom. The minimum absolute atomic E-state index is 0.273. The molecule has 0 unspecified atom stereocenters. The van der Waals surface area contributed by atoms with Gasteiger partial charge in [-0.3, -0.25) is 15.1 Å². The topological polar surface area (TPSA) is 80.9 Å². The monoisotopic (exact) mass is 220 g/mol. The molecule has 3 N–H and O–H groups in total. The predicted octanol–water partition coefficient (Wildman–Crippen LogP) is 1.37. The second-order valence-electron chi connectivity index (χ2n) is 2.75. The third-order valence-corrected chi connectivity index (χ3v) is 2.44. The summed E-state index contributed by atoms with van der Waals surface area (Å²) in [7, 11) is 0. The Kier molecular flexibility index (Phi) is 2.59. The van der Waals surface area contributed by atoms with Crippen molar-refractivity contribution in [2.75, 3.05) is 11.1 Å². The number of rotatable bonds is 2. The molecule has 0 saturated carbocycles. The van der Waals surface area contributed by atoms with Gasteiger partial charge in [0.15, 0.2) is 5.13 Å². The molecule has 0 fully saturated rings. The molecule has 0 aliphatic heterocycles. The van der Waals surface area contributed by atoms with Crippen LogP contribution in [0.5, 0.6) is 0 Å². The molecule has 6 heteroatoms. The molecule has 15 heavy (non-hydrogen) atoms. The van der Waals surface area contributed by atoms with Gasteiger partial charge in [-0.05, 0) is 6.07 Å². The first-order valence-corrected chi connectivity index (χ1v) is 5.05. The van der Waals surface area contributed by atoms with Gasteiger partial charge < -0.3 is 5.73 Å². The highest BCUT2D eigenvalue weighted by Crippen LogP contribution is 2.14. The Morgan fingerprint density at radius 2 is 2.33 bits per heavy atom. The molecule has 0 aliphatic rings. The zero-order chi connectivity index (χ0) is 10.7. The van der Waals surface area contributed by atoms with Crippen molar-refractivity contribution in [1.82, 2.24) is 9.97 Å². The predicted molar refractivity (Wildman–Crippen MR) is 58.7 cm³/mol. The maximum Gasteiger partial charge on any atom is 0.259 e. The standard InChI is InChI=1S/C9H8N4OS/c10-7-5-11-2-1-6(7)8(14)13-9-12-3-4-15-9/h1-5H,10H2,(H,12,13,14). The van der Waals surface area contributed by atoms with Crippen LogP contribution in [0.15, 0.2) is 30.0 Å². The van der Waals surface area contributed by atoms with E-state index in [4.69, 9.17) is 5.73 Å². The van der Waals surface area contributed by atoms with Crippen LogP contribution in [0.2, 0.25) is 0 Å². The van der Waals surface area contributed by atoms with E-state index in [9.17, 15) is 4.79 Å². The fraction of sp³-hybridized carbons (Fsp3) is 0. The van der Waals surface area contributed by atoms with Crippen molar-refractivity contribution >= 4 is 28.1 Å². The summed E-state index contributed by atoms with van der Waals surface area (Å²) in [4.78, 5) is 19.4. The molecular formula is C9H8N4OS. The molecule has 0 bridgehead atoms. The van der Waals surface area contributed by atoms with Crippen molar-refractivity contribution < 1.29 is 4.79 Å². The van der Waals surface area contributed by atoms with E-state index in [0.29, 0.717) is 16.4 Å². The molecule has 0 atom stereocenters. The van der Waals surface area contributed by atoms with Gasteiger partial charge in [-0.25, -0.2) is 4.98 Å². The SMILES string of the molecule is Nc1cnccc1C(=O)Nc1nccs1. The van der Waals surface area contributed by atoms with Crippen LogP contribution in [0.25, 0.3) is 0 Å². The number of nitrogen functional groups attached to an aromatic ring is 1. The van der Waals surface area contributed by atoms with Crippen molar-refractivity contribution in [2.24, 2.45) is 0 Å². The lowest BCUT2D eigenvalue weighted by atomic mass is 10.2. The fourth-order valence-corrected chi connectivity index (χ4v) is 1.59. The number of aromatic nitrogens is 2. The average molecular weight is 220 g/mol. The van der Waals surface area contributed by atoms with Crippen molar-refractivity contribution in [1.29, 1.82) is 0 Å². The second kappa shape index (κ2) is 4.05. The summed E-state index contributed by atoms with van der Waals surface area (Å²) in [5.41, 5.74) is 6.37. The Labute approximate surface area is 90.0 Å². The average Bonchev–Trinajstić information content (AvgIpc) is 2.71. The molecule has 1 amide bonds. The Hall–Kier alpha value is -1.95. The number of nitrogens with one attached hydrogen (secondary N) is 1. The zero-order valence-electron chi connectivity index (χ0n) is 7.68. The number of carbonyl (C=O) groups is 1. The third-order valence-electron chi connectivity index (χ3n) is 1.75. The zero-order valence-corrected chi connectivity index (χ0v) is 8.49. The van der Waals surface area contributed by atoms with Crippen LogP contribution in [-0.2, 0) is 0 Å². The van der Waals surface area contributed by atoms with Gasteiger partial charge in [0.05, 0.1) is 17.4 Å². The van der Waals surface area contributed by atoms with Crippen molar-refractivity contribution in [3.8, 4) is 0 Å². The highest BCUT2D eigenvalue weighted by molar-refractivity contribution is 7.13. The van der Waals surface area contributed by atoms with Crippen LogP contribution < -0.4 is 11.1 Å². The second-order valence-corrected chi connectivity index (χ2v) is 3.65. The number of nitrogens with zero attached hydrogens (tertiary/aromatic N) is 2. The summed E-state index contributed by atoms with van der Waals surface area (Å²) in [6.07, 6.45) is 4.58. The maximum atomic E-state index is 11.7. The number of pyridine rings is 1. The molecular weight excluding hydrogens is 212 g/mol. The van der Waals surface area contributed by atoms with E-state index < -0.39 is 0 Å². The largest absolute Gasteiger partial charge is 0.397 e. The molecule has 2 rings (SSSR count). The molecule has 76 valence electrons. The lowest BCUT2D eigenvalue weighted by molar-refractivity contribution is 0.102. The third kappa shape index (κ3) is 2.10. The number of hydrogen-bond acceptors (Lipinski definition) is 5. The van der Waals surface area contributed by atoms with Crippen molar-refractivity contribution in [2.45, 2.75) is 0 Å². The number of anilines is 2. The highest BCUT2D eigenvalue weighted by Gasteiger charge is 2.10. The number of nitrogens with two attached hydrogens (primary N) is 1. The Bertz CT molecular complexity index is 469. The van der Waals surface area contributed by atoms with E-state index in [1.165, 1.54) is 23.7 Å². The fourth-order valence-electron chi connectivity index (χ4n) is 1.06. The lowest BCUT2D eigenvalue weighted by Gasteiger charge is -2.03. The molecule has 0 spiro atoms. The number of amides is 1. The van der Waals surface area contributed by atoms with E-state index in [2.05, 4.69) is 15.3 Å². The van der Waals surface area contributed by atoms with Crippen LogP contribution in [0, 0.1) is 0 Å². The molecule has 5 nitrogen and oxygen atoms in total. The normalized spacial score (nSPS) is 9.87. The quantitative estimate of drug-likeness (QED) is 0.801. The van der Waals surface area contributed by atoms with Gasteiger partial charge in [-0.1, -0.05) is 0 Å². The van der Waals surface area contributed by atoms with Crippen LogP contribution in [0.4, 0.5) is 10.8 Å². The number of hydrogen-bond donors (Lipinski definition) is 2. The van der Waals surface area contributed by atoms with Gasteiger partial charge in [0.25, 0.3) is 5.91 Å². The maximum absolute atomic E-state index is 11.7. The van der Waals surface area contributed by atoms with E-state index in [-0.39, 0.29) is 5.91 Å². The molecule has 0 saturated heterocycles. The van der Waals surface area contributed by atoms with Gasteiger partial charge in [0.1, 0.15) is 0 Å². The molecule has 2 aromatic heterocycles. The van der Waals surface area contributed by atoms with Gasteiger partial charge in [0, 0.05) is 17.8 Å². The Balaban J connectivity index is 2.19. The molecule has 2 heterocycles. The van der Waals surface area contributed by atoms with Crippen LogP contribution >= 0.6 is 11.3 Å². The first-order valence-electron chi connectivity index (χ1n) is 4.17. The smallest absolute Gasteiger partial charge is 0.259 e. The van der Waals surface area contributed by atoms with Gasteiger partial charge in [-0.2, -0.15) is 0 Å². The van der Waals surface area contributed by atoms with E-state index in [1.807, 2.05) is 0 Å². The minimum Gasteiger partial charge on any atom is -0.397 e. The van der Waals surface area contributed by atoms with Crippen molar-refractivity contribution in [3.05, 3.63) is 35.6 Å². The molecule has 0 radical (unpaired) electrons. The van der Waals surface area contributed by atoms with Crippen molar-refractivity contribution in [3.63, 3.8) is 0 Å². The van der Waals surface area contributed by atoms with Crippen LogP contribution in [0.1, 0.15) is 10.4 Å². The summed E-state index contributed by atoms with van der Waals surface area (Å²) in [5.74, 6) is -0.273. The van der Waals surface area contributed by atoms with Gasteiger partial charge >= 0.3 is 0 Å².